The van der Waals surface area contributed by atoms with Gasteiger partial charge >= 0.3 is 0 Å². The molecular weight excluding hydrogens is 498 g/mol. The molecule has 1 saturated heterocycles. The molecule has 34 heavy (non-hydrogen) atoms. The first kappa shape index (κ1) is 24.6. The lowest BCUT2D eigenvalue weighted by Gasteiger charge is -2.26. The number of fused-ring (bicyclic) bond motifs is 1. The molecule has 0 bridgehead atoms. The molecule has 0 amide bonds. The number of benzene rings is 3. The van der Waals surface area contributed by atoms with E-state index in [-0.39, 0.29) is 23.1 Å². The van der Waals surface area contributed by atoms with Crippen LogP contribution in [-0.2, 0) is 14.8 Å². The van der Waals surface area contributed by atoms with E-state index in [4.69, 9.17) is 21.3 Å². The summed E-state index contributed by atoms with van der Waals surface area (Å²) in [5.41, 5.74) is 3.12. The van der Waals surface area contributed by atoms with E-state index in [9.17, 15) is 12.8 Å². The minimum absolute atomic E-state index is 0. The highest BCUT2D eigenvalue weighted by Crippen LogP contribution is 2.35. The van der Waals surface area contributed by atoms with Gasteiger partial charge in [0, 0.05) is 34.6 Å². The SMILES string of the molecule is Cl.O=S(=O)(c1ccc(-c2cc(-c3ccccc3F)c3cc(Cl)ccc3n2)cc1)N1CCOCC1. The summed E-state index contributed by atoms with van der Waals surface area (Å²) >= 11 is 6.21. The van der Waals surface area contributed by atoms with Crippen molar-refractivity contribution in [3.63, 3.8) is 0 Å². The van der Waals surface area contributed by atoms with E-state index < -0.39 is 10.0 Å². The number of hydrogen-bond acceptors (Lipinski definition) is 4. The van der Waals surface area contributed by atoms with Crippen LogP contribution in [0, 0.1) is 5.82 Å². The molecule has 176 valence electrons. The molecule has 3 aromatic carbocycles. The summed E-state index contributed by atoms with van der Waals surface area (Å²) in [5.74, 6) is -0.345. The average Bonchev–Trinajstić information content (AvgIpc) is 2.84. The molecule has 0 atom stereocenters. The second-order valence-electron chi connectivity index (χ2n) is 7.74. The largest absolute Gasteiger partial charge is 0.379 e. The fourth-order valence-corrected chi connectivity index (χ4v) is 5.56. The van der Waals surface area contributed by atoms with Crippen LogP contribution in [0.1, 0.15) is 0 Å². The van der Waals surface area contributed by atoms with Gasteiger partial charge in [-0.1, -0.05) is 41.9 Å². The maximum Gasteiger partial charge on any atom is 0.243 e. The number of rotatable bonds is 4. The van der Waals surface area contributed by atoms with Gasteiger partial charge in [0.05, 0.1) is 29.3 Å². The normalized spacial score (nSPS) is 14.6. The summed E-state index contributed by atoms with van der Waals surface area (Å²) in [7, 11) is -3.59. The summed E-state index contributed by atoms with van der Waals surface area (Å²) in [6.07, 6.45) is 0. The molecule has 1 aliphatic rings. The molecule has 0 unspecified atom stereocenters. The first-order valence-corrected chi connectivity index (χ1v) is 12.3. The third-order valence-electron chi connectivity index (χ3n) is 5.69. The highest BCUT2D eigenvalue weighted by molar-refractivity contribution is 7.89. The Kier molecular flexibility index (Phi) is 7.21. The number of halogens is 3. The molecule has 0 aliphatic carbocycles. The number of ether oxygens (including phenoxy) is 1. The predicted octanol–water partition coefficient (Wildman–Crippen LogP) is 5.80. The van der Waals surface area contributed by atoms with Crippen molar-refractivity contribution in [2.75, 3.05) is 26.3 Å². The minimum atomic E-state index is -3.59. The lowest BCUT2D eigenvalue weighted by molar-refractivity contribution is 0.0730. The molecule has 1 aliphatic heterocycles. The van der Waals surface area contributed by atoms with Gasteiger partial charge in [-0.25, -0.2) is 17.8 Å². The van der Waals surface area contributed by atoms with E-state index in [1.807, 2.05) is 6.07 Å². The van der Waals surface area contributed by atoms with Gasteiger partial charge in [0.25, 0.3) is 0 Å². The Morgan fingerprint density at radius 3 is 2.32 bits per heavy atom. The van der Waals surface area contributed by atoms with Crippen molar-refractivity contribution in [2.24, 2.45) is 0 Å². The molecule has 5 nitrogen and oxygen atoms in total. The van der Waals surface area contributed by atoms with Crippen LogP contribution >= 0.6 is 24.0 Å². The smallest absolute Gasteiger partial charge is 0.243 e. The van der Waals surface area contributed by atoms with Crippen LogP contribution in [0.2, 0.25) is 5.02 Å². The quantitative estimate of drug-likeness (QED) is 0.342. The van der Waals surface area contributed by atoms with E-state index in [1.165, 1.54) is 10.4 Å². The van der Waals surface area contributed by atoms with E-state index in [0.717, 1.165) is 10.9 Å². The molecule has 4 aromatic rings. The molecule has 0 saturated carbocycles. The van der Waals surface area contributed by atoms with Crippen molar-refractivity contribution in [3.05, 3.63) is 83.6 Å². The van der Waals surface area contributed by atoms with Crippen LogP contribution in [0.15, 0.2) is 77.7 Å². The van der Waals surface area contributed by atoms with Crippen LogP contribution in [-0.4, -0.2) is 44.0 Å². The van der Waals surface area contributed by atoms with E-state index >= 15 is 0 Å². The molecule has 5 rings (SSSR count). The highest BCUT2D eigenvalue weighted by atomic mass is 35.5. The number of aromatic nitrogens is 1. The first-order valence-electron chi connectivity index (χ1n) is 10.5. The molecule has 1 fully saturated rings. The Balaban J connectivity index is 0.00000274. The molecular formula is C25H21Cl2FN2O3S. The van der Waals surface area contributed by atoms with Gasteiger partial charge in [-0.3, -0.25) is 0 Å². The molecule has 0 spiro atoms. The standard InChI is InChI=1S/C25H20ClFN2O3S.ClH/c26-18-7-10-24-22(15-18)21(20-3-1-2-4-23(20)27)16-25(28-24)17-5-8-19(9-6-17)33(30,31)29-11-13-32-14-12-29;/h1-10,15-16H,11-14H2;1H. The van der Waals surface area contributed by atoms with Gasteiger partial charge < -0.3 is 4.74 Å². The molecule has 0 radical (unpaired) electrons. The summed E-state index contributed by atoms with van der Waals surface area (Å²) in [6.45, 7) is 1.46. The van der Waals surface area contributed by atoms with Crippen molar-refractivity contribution in [1.82, 2.24) is 9.29 Å². The topological polar surface area (TPSA) is 59.5 Å². The van der Waals surface area contributed by atoms with Crippen LogP contribution in [0.5, 0.6) is 0 Å². The third-order valence-corrected chi connectivity index (χ3v) is 7.84. The molecule has 2 heterocycles. The summed E-state index contributed by atoms with van der Waals surface area (Å²) < 4.78 is 47.2. The average molecular weight is 519 g/mol. The number of nitrogens with zero attached hydrogens (tertiary/aromatic N) is 2. The van der Waals surface area contributed by atoms with Crippen molar-refractivity contribution in [1.29, 1.82) is 0 Å². The number of sulfonamides is 1. The maximum atomic E-state index is 14.7. The van der Waals surface area contributed by atoms with Crippen molar-refractivity contribution in [3.8, 4) is 22.4 Å². The van der Waals surface area contributed by atoms with E-state index in [2.05, 4.69) is 0 Å². The maximum absolute atomic E-state index is 14.7. The predicted molar refractivity (Wildman–Crippen MR) is 134 cm³/mol. The third kappa shape index (κ3) is 4.67. The Labute approximate surface area is 208 Å². The summed E-state index contributed by atoms with van der Waals surface area (Å²) in [4.78, 5) is 4.94. The van der Waals surface area contributed by atoms with Gasteiger partial charge in [-0.05, 0) is 48.0 Å². The van der Waals surface area contributed by atoms with Crippen molar-refractivity contribution >= 4 is 44.9 Å². The monoisotopic (exact) mass is 518 g/mol. The Morgan fingerprint density at radius 1 is 0.912 bits per heavy atom. The van der Waals surface area contributed by atoms with Crippen LogP contribution < -0.4 is 0 Å². The Hall–Kier alpha value is -2.55. The second kappa shape index (κ2) is 9.98. The number of morpholine rings is 1. The lowest BCUT2D eigenvalue weighted by atomic mass is 9.98. The minimum Gasteiger partial charge on any atom is -0.379 e. The van der Waals surface area contributed by atoms with Gasteiger partial charge in [-0.2, -0.15) is 4.31 Å². The Morgan fingerprint density at radius 2 is 1.62 bits per heavy atom. The summed E-state index contributed by atoms with van der Waals surface area (Å²) in [6, 6.07) is 20.3. The van der Waals surface area contributed by atoms with Crippen LogP contribution in [0.4, 0.5) is 4.39 Å². The molecule has 1 aromatic heterocycles. The fraction of sp³-hybridized carbons (Fsp3) is 0.160. The van der Waals surface area contributed by atoms with Gasteiger partial charge in [0.1, 0.15) is 5.82 Å². The van der Waals surface area contributed by atoms with E-state index in [1.54, 1.807) is 60.7 Å². The van der Waals surface area contributed by atoms with Crippen molar-refractivity contribution in [2.45, 2.75) is 4.90 Å². The van der Waals surface area contributed by atoms with E-state index in [0.29, 0.717) is 53.7 Å². The zero-order valence-electron chi connectivity index (χ0n) is 17.9. The lowest BCUT2D eigenvalue weighted by Crippen LogP contribution is -2.40. The zero-order valence-corrected chi connectivity index (χ0v) is 20.3. The Bertz CT molecular complexity index is 1440. The first-order chi connectivity index (χ1) is 15.9. The van der Waals surface area contributed by atoms with Crippen LogP contribution in [0.3, 0.4) is 0 Å². The second-order valence-corrected chi connectivity index (χ2v) is 10.1. The fourth-order valence-electron chi connectivity index (χ4n) is 3.98. The van der Waals surface area contributed by atoms with Crippen LogP contribution in [0.25, 0.3) is 33.3 Å². The molecule has 0 N–H and O–H groups in total. The van der Waals surface area contributed by atoms with Gasteiger partial charge in [0.2, 0.25) is 10.0 Å². The number of pyridine rings is 1. The summed E-state index contributed by atoms with van der Waals surface area (Å²) in [5, 5.41) is 1.27. The highest BCUT2D eigenvalue weighted by Gasteiger charge is 2.26. The van der Waals surface area contributed by atoms with Gasteiger partial charge in [-0.15, -0.1) is 12.4 Å². The zero-order chi connectivity index (χ0) is 23.0. The van der Waals surface area contributed by atoms with Gasteiger partial charge in [0.15, 0.2) is 0 Å². The molecule has 9 heteroatoms. The number of hydrogen-bond donors (Lipinski definition) is 0. The van der Waals surface area contributed by atoms with Crippen molar-refractivity contribution < 1.29 is 17.5 Å².